The van der Waals surface area contributed by atoms with Crippen LogP contribution < -0.4 is 26.6 Å². The van der Waals surface area contributed by atoms with Crippen molar-refractivity contribution in [2.24, 2.45) is 12.8 Å². The topological polar surface area (TPSA) is 117 Å². The Morgan fingerprint density at radius 1 is 1.21 bits per heavy atom. The molecule has 0 spiro atoms. The number of ether oxygens (including phenoxy) is 1. The van der Waals surface area contributed by atoms with Crippen LogP contribution in [0.1, 0.15) is 13.3 Å². The van der Waals surface area contributed by atoms with Crippen molar-refractivity contribution < 1.29 is 9.53 Å². The molecule has 2 aromatic heterocycles. The van der Waals surface area contributed by atoms with Gasteiger partial charge in [-0.2, -0.15) is 4.98 Å². The second kappa shape index (κ2) is 7.12. The Hall–Kier alpha value is -3.56. The monoisotopic (exact) mass is 398 g/mol. The number of nitrogens with two attached hydrogens (primary N) is 1. The van der Waals surface area contributed by atoms with E-state index < -0.39 is 23.7 Å². The zero-order valence-electron chi connectivity index (χ0n) is 16.3. The van der Waals surface area contributed by atoms with Crippen LogP contribution in [0.2, 0.25) is 0 Å². The van der Waals surface area contributed by atoms with Crippen molar-refractivity contribution in [2.75, 3.05) is 18.1 Å². The van der Waals surface area contributed by atoms with E-state index >= 15 is 0 Å². The van der Waals surface area contributed by atoms with Gasteiger partial charge in [0.2, 0.25) is 11.9 Å². The van der Waals surface area contributed by atoms with Crippen LogP contribution in [0.4, 0.5) is 11.6 Å². The molecule has 4 rings (SSSR count). The molecule has 10 heteroatoms. The van der Waals surface area contributed by atoms with Gasteiger partial charge in [-0.15, -0.1) is 0 Å². The molecule has 0 aliphatic carbocycles. The Bertz CT molecular complexity index is 1200. The van der Waals surface area contributed by atoms with E-state index in [1.54, 1.807) is 4.57 Å². The van der Waals surface area contributed by atoms with Crippen LogP contribution in [0.5, 0.6) is 5.75 Å². The van der Waals surface area contributed by atoms with Crippen LogP contribution in [0.25, 0.3) is 11.2 Å². The fraction of sp³-hybridized carbons (Fsp3) is 0.368. The first kappa shape index (κ1) is 18.8. The van der Waals surface area contributed by atoms with E-state index in [9.17, 15) is 14.4 Å². The first-order valence-corrected chi connectivity index (χ1v) is 9.41. The molecule has 2 N–H and O–H groups in total. The second-order valence-corrected chi connectivity index (χ2v) is 6.87. The van der Waals surface area contributed by atoms with Crippen LogP contribution in [0, 0.1) is 0 Å². The van der Waals surface area contributed by atoms with E-state index in [0.717, 1.165) is 29.0 Å². The maximum atomic E-state index is 13.0. The lowest BCUT2D eigenvalue weighted by Gasteiger charge is -2.29. The van der Waals surface area contributed by atoms with E-state index in [4.69, 9.17) is 10.5 Å². The number of hydrogen-bond donors (Lipinski definition) is 1. The van der Waals surface area contributed by atoms with Crippen molar-refractivity contribution in [1.82, 2.24) is 18.7 Å². The first-order valence-electron chi connectivity index (χ1n) is 9.41. The Morgan fingerprint density at radius 3 is 2.59 bits per heavy atom. The number of amides is 1. The molecule has 152 valence electrons. The van der Waals surface area contributed by atoms with Gasteiger partial charge in [0, 0.05) is 25.8 Å². The number of fused-ring (bicyclic) bond motifs is 3. The minimum absolute atomic E-state index is 0.286. The maximum absolute atomic E-state index is 13.0. The number of imidazole rings is 1. The van der Waals surface area contributed by atoms with Crippen LogP contribution in [-0.4, -0.2) is 37.7 Å². The molecule has 0 fully saturated rings. The molecule has 10 nitrogen and oxygen atoms in total. The van der Waals surface area contributed by atoms with Crippen molar-refractivity contribution in [3.05, 3.63) is 45.1 Å². The van der Waals surface area contributed by atoms with Crippen molar-refractivity contribution in [1.29, 1.82) is 0 Å². The van der Waals surface area contributed by atoms with Crippen LogP contribution >= 0.6 is 0 Å². The van der Waals surface area contributed by atoms with Crippen LogP contribution in [0.15, 0.2) is 33.9 Å². The highest BCUT2D eigenvalue weighted by Gasteiger charge is 2.27. The van der Waals surface area contributed by atoms with E-state index in [-0.39, 0.29) is 5.65 Å². The van der Waals surface area contributed by atoms with Crippen molar-refractivity contribution in [2.45, 2.75) is 26.4 Å². The number of primary amides is 1. The molecule has 0 unspecified atom stereocenters. The predicted molar refractivity (Wildman–Crippen MR) is 108 cm³/mol. The predicted octanol–water partition coefficient (Wildman–Crippen LogP) is 0.323. The van der Waals surface area contributed by atoms with Gasteiger partial charge in [0.15, 0.2) is 11.2 Å². The van der Waals surface area contributed by atoms with Gasteiger partial charge < -0.3 is 19.9 Å². The summed E-state index contributed by atoms with van der Waals surface area (Å²) < 4.78 is 9.43. The lowest BCUT2D eigenvalue weighted by molar-refractivity contribution is -0.118. The maximum Gasteiger partial charge on any atom is 0.332 e. The molecule has 0 atom stereocenters. The normalized spacial score (nSPS) is 13.5. The van der Waals surface area contributed by atoms with Crippen molar-refractivity contribution in [3.8, 4) is 5.75 Å². The zero-order chi connectivity index (χ0) is 20.7. The summed E-state index contributed by atoms with van der Waals surface area (Å²) >= 11 is 0. The number of carbonyl (C=O) groups excluding carboxylic acids is 1. The highest BCUT2D eigenvalue weighted by molar-refractivity contribution is 5.78. The number of aryl methyl sites for hydroxylation is 2. The summed E-state index contributed by atoms with van der Waals surface area (Å²) in [6.07, 6.45) is 0.795. The summed E-state index contributed by atoms with van der Waals surface area (Å²) in [6, 6.07) is 7.64. The molecule has 0 saturated carbocycles. The summed E-state index contributed by atoms with van der Waals surface area (Å²) in [4.78, 5) is 43.5. The Labute approximate surface area is 165 Å². The number of benzene rings is 1. The molecular formula is C19H22N6O4. The summed E-state index contributed by atoms with van der Waals surface area (Å²) in [5, 5.41) is 0. The largest absolute Gasteiger partial charge is 0.494 e. The van der Waals surface area contributed by atoms with Gasteiger partial charge in [-0.05, 0) is 37.6 Å². The molecule has 0 bridgehead atoms. The third-order valence-electron chi connectivity index (χ3n) is 4.99. The lowest BCUT2D eigenvalue weighted by Crippen LogP contribution is -2.42. The first-order chi connectivity index (χ1) is 13.9. The highest BCUT2D eigenvalue weighted by atomic mass is 16.5. The Balaban J connectivity index is 1.88. The average Bonchev–Trinajstić information content (AvgIpc) is 3.10. The molecule has 29 heavy (non-hydrogen) atoms. The fourth-order valence-corrected chi connectivity index (χ4v) is 3.69. The number of rotatable bonds is 5. The van der Waals surface area contributed by atoms with Gasteiger partial charge in [-0.1, -0.05) is 0 Å². The SMILES string of the molecule is CCOc1ccc(N2CCCn3c2nc2c3c(=O)n(CC(N)=O)c(=O)n2C)cc1. The number of anilines is 2. The third-order valence-corrected chi connectivity index (χ3v) is 4.99. The van der Waals surface area contributed by atoms with Gasteiger partial charge in [0.05, 0.1) is 6.61 Å². The summed E-state index contributed by atoms with van der Waals surface area (Å²) in [7, 11) is 1.53. The quantitative estimate of drug-likeness (QED) is 0.662. The average molecular weight is 398 g/mol. The standard InChI is InChI=1S/C19H22N6O4/c1-3-29-13-7-5-12(6-8-13)23-9-4-10-24-15-16(21-18(23)24)22(2)19(28)25(17(15)27)11-14(20)26/h5-8H,3-4,9-11H2,1-2H3,(H2,20,26). The minimum Gasteiger partial charge on any atom is -0.494 e. The highest BCUT2D eigenvalue weighted by Crippen LogP contribution is 2.31. The molecule has 1 amide bonds. The molecule has 0 radical (unpaired) electrons. The number of carbonyl (C=O) groups is 1. The van der Waals surface area contributed by atoms with Crippen molar-refractivity contribution >= 4 is 28.7 Å². The molecule has 1 aromatic carbocycles. The number of nitrogens with zero attached hydrogens (tertiary/aromatic N) is 5. The van der Waals surface area contributed by atoms with E-state index in [0.29, 0.717) is 24.6 Å². The van der Waals surface area contributed by atoms with Gasteiger partial charge in [0.25, 0.3) is 5.56 Å². The lowest BCUT2D eigenvalue weighted by atomic mass is 10.2. The third kappa shape index (κ3) is 3.06. The van der Waals surface area contributed by atoms with Gasteiger partial charge in [-0.3, -0.25) is 14.2 Å². The molecular weight excluding hydrogens is 376 g/mol. The van der Waals surface area contributed by atoms with E-state index in [1.165, 1.54) is 11.6 Å². The van der Waals surface area contributed by atoms with Gasteiger partial charge in [0.1, 0.15) is 12.3 Å². The molecule has 3 heterocycles. The minimum atomic E-state index is -0.752. The molecule has 1 aliphatic rings. The van der Waals surface area contributed by atoms with Crippen LogP contribution in [0.3, 0.4) is 0 Å². The van der Waals surface area contributed by atoms with Gasteiger partial charge >= 0.3 is 5.69 Å². The van der Waals surface area contributed by atoms with E-state index in [1.807, 2.05) is 36.1 Å². The number of hydrogen-bond acceptors (Lipinski definition) is 6. The zero-order valence-corrected chi connectivity index (χ0v) is 16.3. The van der Waals surface area contributed by atoms with Crippen molar-refractivity contribution in [3.63, 3.8) is 0 Å². The summed E-state index contributed by atoms with van der Waals surface area (Å²) in [6.45, 7) is 3.36. The Morgan fingerprint density at radius 2 is 1.93 bits per heavy atom. The smallest absolute Gasteiger partial charge is 0.332 e. The Kier molecular flexibility index (Phi) is 4.61. The molecule has 1 aliphatic heterocycles. The van der Waals surface area contributed by atoms with E-state index in [2.05, 4.69) is 4.98 Å². The number of aromatic nitrogens is 4. The van der Waals surface area contributed by atoms with Crippen LogP contribution in [-0.2, 0) is 24.9 Å². The molecule has 0 saturated heterocycles. The molecule has 3 aromatic rings. The van der Waals surface area contributed by atoms with Gasteiger partial charge in [-0.25, -0.2) is 9.36 Å². The summed E-state index contributed by atoms with van der Waals surface area (Å²) in [5.41, 5.74) is 5.52. The summed E-state index contributed by atoms with van der Waals surface area (Å²) in [5.74, 6) is 0.607. The fourth-order valence-electron chi connectivity index (χ4n) is 3.69. The second-order valence-electron chi connectivity index (χ2n) is 6.87.